The van der Waals surface area contributed by atoms with E-state index in [-0.39, 0.29) is 22.3 Å². The Hall–Kier alpha value is -2.23. The third-order valence-corrected chi connectivity index (χ3v) is 5.05. The van der Waals surface area contributed by atoms with Crippen molar-refractivity contribution < 1.29 is 9.18 Å². The van der Waals surface area contributed by atoms with Gasteiger partial charge in [-0.3, -0.25) is 9.78 Å². The monoisotopic (exact) mass is 312 g/mol. The summed E-state index contributed by atoms with van der Waals surface area (Å²) in [5, 5.41) is 0. The average Bonchev–Trinajstić information content (AvgIpc) is 3.09. The molecule has 1 atom stereocenters. The SMILES string of the molecule is CN(C[C@@]1(c2ccccc2)CC1(C)C)C(=O)c1cncc(F)c1. The van der Waals surface area contributed by atoms with Crippen LogP contribution in [-0.4, -0.2) is 29.4 Å². The van der Waals surface area contributed by atoms with Crippen LogP contribution in [0.25, 0.3) is 0 Å². The van der Waals surface area contributed by atoms with Crippen LogP contribution in [-0.2, 0) is 5.41 Å². The van der Waals surface area contributed by atoms with Crippen molar-refractivity contribution in [3.8, 4) is 0 Å². The van der Waals surface area contributed by atoms with Crippen molar-refractivity contribution in [2.75, 3.05) is 13.6 Å². The highest BCUT2D eigenvalue weighted by Gasteiger charge is 2.62. The molecule has 1 aromatic heterocycles. The van der Waals surface area contributed by atoms with Gasteiger partial charge < -0.3 is 4.90 Å². The summed E-state index contributed by atoms with van der Waals surface area (Å²) in [6.45, 7) is 5.06. The Bertz CT molecular complexity index is 729. The molecule has 1 aliphatic rings. The zero-order valence-electron chi connectivity index (χ0n) is 13.7. The van der Waals surface area contributed by atoms with E-state index in [0.29, 0.717) is 6.54 Å². The lowest BCUT2D eigenvalue weighted by atomic mass is 9.87. The highest BCUT2D eigenvalue weighted by atomic mass is 19.1. The Labute approximate surface area is 136 Å². The highest BCUT2D eigenvalue weighted by molar-refractivity contribution is 5.93. The molecule has 1 saturated carbocycles. The Balaban J connectivity index is 1.84. The fourth-order valence-electron chi connectivity index (χ4n) is 3.55. The molecule has 3 rings (SSSR count). The normalized spacial score (nSPS) is 21.7. The lowest BCUT2D eigenvalue weighted by Gasteiger charge is -2.27. The first-order valence-corrected chi connectivity index (χ1v) is 7.77. The highest BCUT2D eigenvalue weighted by Crippen LogP contribution is 2.64. The molecule has 1 heterocycles. The molecule has 120 valence electrons. The van der Waals surface area contributed by atoms with Crippen LogP contribution in [0.1, 0.15) is 36.2 Å². The molecule has 0 saturated heterocycles. The third-order valence-electron chi connectivity index (χ3n) is 5.05. The van der Waals surface area contributed by atoms with Crippen molar-refractivity contribution in [1.82, 2.24) is 9.88 Å². The molecule has 1 aliphatic carbocycles. The van der Waals surface area contributed by atoms with Gasteiger partial charge in [0.25, 0.3) is 5.91 Å². The minimum Gasteiger partial charge on any atom is -0.341 e. The van der Waals surface area contributed by atoms with Gasteiger partial charge in [0.05, 0.1) is 11.8 Å². The van der Waals surface area contributed by atoms with Gasteiger partial charge >= 0.3 is 0 Å². The predicted octanol–water partition coefficient (Wildman–Crippen LogP) is 3.66. The molecule has 2 aromatic rings. The second-order valence-corrected chi connectivity index (χ2v) is 7.06. The quantitative estimate of drug-likeness (QED) is 0.863. The summed E-state index contributed by atoms with van der Waals surface area (Å²) in [6, 6.07) is 11.5. The molecule has 23 heavy (non-hydrogen) atoms. The van der Waals surface area contributed by atoms with E-state index in [4.69, 9.17) is 0 Å². The van der Waals surface area contributed by atoms with Gasteiger partial charge in [-0.2, -0.15) is 0 Å². The van der Waals surface area contributed by atoms with Crippen molar-refractivity contribution in [2.45, 2.75) is 25.7 Å². The predicted molar refractivity (Wildman–Crippen MR) is 87.7 cm³/mol. The van der Waals surface area contributed by atoms with Gasteiger partial charge in [0, 0.05) is 25.2 Å². The molecule has 1 amide bonds. The van der Waals surface area contributed by atoms with E-state index in [9.17, 15) is 9.18 Å². The number of likely N-dealkylation sites (N-methyl/N-ethyl adjacent to an activating group) is 1. The summed E-state index contributed by atoms with van der Waals surface area (Å²) in [5.41, 5.74) is 1.64. The molecule has 0 aliphatic heterocycles. The number of benzene rings is 1. The molecule has 3 nitrogen and oxygen atoms in total. The van der Waals surface area contributed by atoms with Gasteiger partial charge in [-0.25, -0.2) is 4.39 Å². The van der Waals surface area contributed by atoms with E-state index >= 15 is 0 Å². The van der Waals surface area contributed by atoms with E-state index in [0.717, 1.165) is 12.6 Å². The number of rotatable bonds is 4. The van der Waals surface area contributed by atoms with Gasteiger partial charge in [0.1, 0.15) is 5.82 Å². The summed E-state index contributed by atoms with van der Waals surface area (Å²) in [5.74, 6) is -0.691. The molecule has 0 radical (unpaired) electrons. The number of amides is 1. The minimum atomic E-state index is -0.492. The van der Waals surface area contributed by atoms with Crippen molar-refractivity contribution >= 4 is 5.91 Å². The van der Waals surface area contributed by atoms with E-state index in [1.165, 1.54) is 17.8 Å². The van der Waals surface area contributed by atoms with Gasteiger partial charge in [0.2, 0.25) is 0 Å². The molecule has 0 bridgehead atoms. The number of pyridine rings is 1. The summed E-state index contributed by atoms with van der Waals surface area (Å²) in [6.07, 6.45) is 3.55. The summed E-state index contributed by atoms with van der Waals surface area (Å²) >= 11 is 0. The summed E-state index contributed by atoms with van der Waals surface area (Å²) in [4.78, 5) is 18.0. The van der Waals surface area contributed by atoms with Crippen molar-refractivity contribution in [3.05, 3.63) is 65.7 Å². The fraction of sp³-hybridized carbons (Fsp3) is 0.368. The smallest absolute Gasteiger partial charge is 0.255 e. The van der Waals surface area contributed by atoms with Crippen LogP contribution in [0.4, 0.5) is 4.39 Å². The topological polar surface area (TPSA) is 33.2 Å². The summed E-state index contributed by atoms with van der Waals surface area (Å²) in [7, 11) is 1.77. The van der Waals surface area contributed by atoms with E-state index in [1.807, 2.05) is 18.2 Å². The molecular weight excluding hydrogens is 291 g/mol. The second kappa shape index (κ2) is 5.44. The number of carbonyl (C=O) groups is 1. The van der Waals surface area contributed by atoms with Crippen LogP contribution < -0.4 is 0 Å². The van der Waals surface area contributed by atoms with Gasteiger partial charge in [-0.15, -0.1) is 0 Å². The average molecular weight is 312 g/mol. The van der Waals surface area contributed by atoms with Crippen molar-refractivity contribution in [2.24, 2.45) is 5.41 Å². The Kier molecular flexibility index (Phi) is 3.71. The van der Waals surface area contributed by atoms with E-state index < -0.39 is 5.82 Å². The largest absolute Gasteiger partial charge is 0.341 e. The molecule has 1 fully saturated rings. The first-order chi connectivity index (χ1) is 10.9. The molecule has 0 unspecified atom stereocenters. The van der Waals surface area contributed by atoms with Crippen LogP contribution in [0, 0.1) is 11.2 Å². The van der Waals surface area contributed by atoms with Crippen LogP contribution in [0.3, 0.4) is 0 Å². The second-order valence-electron chi connectivity index (χ2n) is 7.06. The maximum absolute atomic E-state index is 13.3. The van der Waals surface area contributed by atoms with Crippen LogP contribution in [0.5, 0.6) is 0 Å². The first-order valence-electron chi connectivity index (χ1n) is 7.77. The van der Waals surface area contributed by atoms with Crippen LogP contribution in [0.15, 0.2) is 48.8 Å². The number of hydrogen-bond donors (Lipinski definition) is 0. The van der Waals surface area contributed by atoms with Gasteiger partial charge in [-0.05, 0) is 23.5 Å². The molecular formula is C19H21FN2O. The maximum atomic E-state index is 13.3. The Morgan fingerprint density at radius 2 is 1.91 bits per heavy atom. The van der Waals surface area contributed by atoms with Crippen molar-refractivity contribution in [3.63, 3.8) is 0 Å². The Morgan fingerprint density at radius 1 is 1.26 bits per heavy atom. The third kappa shape index (κ3) is 2.74. The lowest BCUT2D eigenvalue weighted by molar-refractivity contribution is 0.0774. The standard InChI is InChI=1S/C19H21FN2O/c1-18(2)12-19(18,15-7-5-4-6-8-15)13-22(3)17(23)14-9-16(20)11-21-10-14/h4-11H,12-13H2,1-3H3/t19-/m1/s1. The van der Waals surface area contributed by atoms with Crippen molar-refractivity contribution in [1.29, 1.82) is 0 Å². The summed E-state index contributed by atoms with van der Waals surface area (Å²) < 4.78 is 13.3. The first kappa shape index (κ1) is 15.7. The number of hydrogen-bond acceptors (Lipinski definition) is 2. The number of aromatic nitrogens is 1. The Morgan fingerprint density at radius 3 is 2.48 bits per heavy atom. The number of halogens is 1. The number of nitrogens with zero attached hydrogens (tertiary/aromatic N) is 2. The van der Waals surface area contributed by atoms with E-state index in [1.54, 1.807) is 11.9 Å². The molecule has 1 aromatic carbocycles. The van der Waals surface area contributed by atoms with Crippen LogP contribution >= 0.6 is 0 Å². The molecule has 4 heteroatoms. The zero-order chi connectivity index (χ0) is 16.7. The minimum absolute atomic E-state index is 0.0422. The molecule has 0 spiro atoms. The fourth-order valence-corrected chi connectivity index (χ4v) is 3.55. The number of carbonyl (C=O) groups excluding carboxylic acids is 1. The van der Waals surface area contributed by atoms with Gasteiger partial charge in [0.15, 0.2) is 0 Å². The molecule has 0 N–H and O–H groups in total. The maximum Gasteiger partial charge on any atom is 0.255 e. The van der Waals surface area contributed by atoms with E-state index in [2.05, 4.69) is 31.0 Å². The van der Waals surface area contributed by atoms with Crippen LogP contribution in [0.2, 0.25) is 0 Å². The van der Waals surface area contributed by atoms with Gasteiger partial charge in [-0.1, -0.05) is 44.2 Å². The zero-order valence-corrected chi connectivity index (χ0v) is 13.7. The lowest BCUT2D eigenvalue weighted by Crippen LogP contribution is -2.36.